The number of nitrogens with zero attached hydrogens (tertiary/aromatic N) is 2. The number of piperidine rings is 1. The Morgan fingerprint density at radius 1 is 1.27 bits per heavy atom. The molecule has 1 aromatic rings. The van der Waals surface area contributed by atoms with Gasteiger partial charge < -0.3 is 19.7 Å². The highest BCUT2D eigenvalue weighted by atomic mass is 32.2. The summed E-state index contributed by atoms with van der Waals surface area (Å²) >= 11 is 0. The number of morpholine rings is 1. The Balaban J connectivity index is 1.71. The number of benzene rings is 1. The van der Waals surface area contributed by atoms with Crippen molar-refractivity contribution < 1.29 is 22.7 Å². The quantitative estimate of drug-likeness (QED) is 0.694. The van der Waals surface area contributed by atoms with E-state index in [1.807, 2.05) is 0 Å². The lowest BCUT2D eigenvalue weighted by molar-refractivity contribution is 0.0729. The summed E-state index contributed by atoms with van der Waals surface area (Å²) in [6, 6.07) is 5.07. The number of hydrogen-bond donors (Lipinski definition) is 1. The van der Waals surface area contributed by atoms with Crippen molar-refractivity contribution >= 4 is 15.9 Å². The summed E-state index contributed by atoms with van der Waals surface area (Å²) in [5.41, 5.74) is 0.319. The van der Waals surface area contributed by atoms with Gasteiger partial charge >= 0.3 is 0 Å². The van der Waals surface area contributed by atoms with Crippen molar-refractivity contribution in [1.82, 2.24) is 14.5 Å². The van der Waals surface area contributed by atoms with Gasteiger partial charge in [0, 0.05) is 37.8 Å². The standard InChI is InChI=1S/C21H33N3O5S/c1-16(2)23-8-4-5-17(15-23)14-22-21(25)18-6-7-19(28-3)20(13-18)30(26,27)24-9-11-29-12-10-24/h6-7,13,16-17H,4-5,8-12,14-15H2,1-3H3,(H,22,25). The van der Waals surface area contributed by atoms with Crippen LogP contribution in [-0.2, 0) is 14.8 Å². The number of carbonyl (C=O) groups is 1. The van der Waals surface area contributed by atoms with Crippen LogP contribution in [0.3, 0.4) is 0 Å². The number of hydrogen-bond acceptors (Lipinski definition) is 6. The monoisotopic (exact) mass is 439 g/mol. The predicted molar refractivity (Wildman–Crippen MR) is 114 cm³/mol. The van der Waals surface area contributed by atoms with Crippen LogP contribution in [0, 0.1) is 5.92 Å². The minimum Gasteiger partial charge on any atom is -0.495 e. The number of nitrogens with one attached hydrogen (secondary N) is 1. The molecule has 0 radical (unpaired) electrons. The van der Waals surface area contributed by atoms with E-state index in [4.69, 9.17) is 9.47 Å². The summed E-state index contributed by atoms with van der Waals surface area (Å²) < 4.78 is 38.1. The van der Waals surface area contributed by atoms with E-state index in [0.717, 1.165) is 25.9 Å². The number of methoxy groups -OCH3 is 1. The van der Waals surface area contributed by atoms with E-state index in [1.165, 1.54) is 17.5 Å². The first-order chi connectivity index (χ1) is 14.3. The maximum atomic E-state index is 13.1. The van der Waals surface area contributed by atoms with Crippen molar-refractivity contribution in [3.8, 4) is 5.75 Å². The van der Waals surface area contributed by atoms with E-state index in [0.29, 0.717) is 37.3 Å². The normalized spacial score (nSPS) is 21.5. The molecule has 2 aliphatic heterocycles. The van der Waals surface area contributed by atoms with E-state index in [-0.39, 0.29) is 29.6 Å². The molecule has 1 aromatic carbocycles. The third-order valence-corrected chi connectivity index (χ3v) is 7.77. The molecule has 0 saturated carbocycles. The zero-order valence-electron chi connectivity index (χ0n) is 18.1. The van der Waals surface area contributed by atoms with Gasteiger partial charge in [-0.25, -0.2) is 8.42 Å². The summed E-state index contributed by atoms with van der Waals surface area (Å²) in [6.45, 7) is 8.32. The van der Waals surface area contributed by atoms with Crippen molar-refractivity contribution in [2.75, 3.05) is 53.0 Å². The molecule has 2 heterocycles. The average molecular weight is 440 g/mol. The van der Waals surface area contributed by atoms with E-state index in [2.05, 4.69) is 24.1 Å². The van der Waals surface area contributed by atoms with Crippen LogP contribution < -0.4 is 10.1 Å². The number of sulfonamides is 1. The molecule has 9 heteroatoms. The third-order valence-electron chi connectivity index (χ3n) is 5.85. The summed E-state index contributed by atoms with van der Waals surface area (Å²) in [7, 11) is -2.34. The summed E-state index contributed by atoms with van der Waals surface area (Å²) in [6.07, 6.45) is 2.21. The molecule has 0 aromatic heterocycles. The Hall–Kier alpha value is -1.68. The Kier molecular flexibility index (Phi) is 7.73. The molecule has 0 aliphatic carbocycles. The molecule has 1 amide bonds. The second-order valence-corrected chi connectivity index (χ2v) is 10.1. The molecule has 2 aliphatic rings. The maximum absolute atomic E-state index is 13.1. The van der Waals surface area contributed by atoms with Gasteiger partial charge in [-0.15, -0.1) is 0 Å². The SMILES string of the molecule is COc1ccc(C(=O)NCC2CCCN(C(C)C)C2)cc1S(=O)(=O)N1CCOCC1. The second kappa shape index (κ2) is 10.1. The van der Waals surface area contributed by atoms with Gasteiger partial charge in [-0.2, -0.15) is 4.31 Å². The molecular weight excluding hydrogens is 406 g/mol. The Morgan fingerprint density at radius 3 is 2.67 bits per heavy atom. The van der Waals surface area contributed by atoms with E-state index in [9.17, 15) is 13.2 Å². The summed E-state index contributed by atoms with van der Waals surface area (Å²) in [5, 5.41) is 2.99. The molecule has 2 fully saturated rings. The van der Waals surface area contributed by atoms with Crippen molar-refractivity contribution in [2.24, 2.45) is 5.92 Å². The second-order valence-electron chi connectivity index (χ2n) is 8.19. The van der Waals surface area contributed by atoms with Crippen molar-refractivity contribution in [3.63, 3.8) is 0 Å². The van der Waals surface area contributed by atoms with Gasteiger partial charge in [0.25, 0.3) is 5.91 Å². The molecule has 30 heavy (non-hydrogen) atoms. The van der Waals surface area contributed by atoms with Gasteiger partial charge in [0.2, 0.25) is 10.0 Å². The Morgan fingerprint density at radius 2 is 2.00 bits per heavy atom. The van der Waals surface area contributed by atoms with Gasteiger partial charge in [-0.05, 0) is 57.4 Å². The van der Waals surface area contributed by atoms with Gasteiger partial charge in [-0.1, -0.05) is 0 Å². The Bertz CT molecular complexity index is 837. The first-order valence-electron chi connectivity index (χ1n) is 10.6. The fourth-order valence-electron chi connectivity index (χ4n) is 4.02. The zero-order chi connectivity index (χ0) is 21.7. The molecule has 0 bridgehead atoms. The van der Waals surface area contributed by atoms with Crippen LogP contribution in [-0.4, -0.2) is 82.6 Å². The van der Waals surface area contributed by atoms with E-state index >= 15 is 0 Å². The lowest BCUT2D eigenvalue weighted by atomic mass is 9.97. The predicted octanol–water partition coefficient (Wildman–Crippen LogP) is 1.57. The first kappa shape index (κ1) is 23.0. The zero-order valence-corrected chi connectivity index (χ0v) is 18.9. The number of rotatable bonds is 7. The fourth-order valence-corrected chi connectivity index (χ4v) is 5.61. The van der Waals surface area contributed by atoms with Crippen molar-refractivity contribution in [3.05, 3.63) is 23.8 Å². The minimum absolute atomic E-state index is 0.0169. The van der Waals surface area contributed by atoms with Crippen LogP contribution in [0.1, 0.15) is 37.0 Å². The molecule has 168 valence electrons. The highest BCUT2D eigenvalue weighted by Gasteiger charge is 2.30. The minimum atomic E-state index is -3.77. The molecule has 1 unspecified atom stereocenters. The van der Waals surface area contributed by atoms with E-state index < -0.39 is 10.0 Å². The molecule has 3 rings (SSSR count). The number of ether oxygens (including phenoxy) is 2. The molecule has 1 N–H and O–H groups in total. The smallest absolute Gasteiger partial charge is 0.251 e. The lowest BCUT2D eigenvalue weighted by Gasteiger charge is -2.35. The number of likely N-dealkylation sites (tertiary alicyclic amines) is 1. The largest absolute Gasteiger partial charge is 0.495 e. The highest BCUT2D eigenvalue weighted by Crippen LogP contribution is 2.28. The summed E-state index contributed by atoms with van der Waals surface area (Å²) in [5.74, 6) is 0.371. The number of amides is 1. The van der Waals surface area contributed by atoms with Crippen LogP contribution >= 0.6 is 0 Å². The third kappa shape index (κ3) is 5.32. The van der Waals surface area contributed by atoms with Crippen LogP contribution in [0.25, 0.3) is 0 Å². The van der Waals surface area contributed by atoms with Crippen LogP contribution in [0.5, 0.6) is 5.75 Å². The van der Waals surface area contributed by atoms with E-state index in [1.54, 1.807) is 12.1 Å². The maximum Gasteiger partial charge on any atom is 0.251 e. The van der Waals surface area contributed by atoms with Gasteiger partial charge in [-0.3, -0.25) is 4.79 Å². The van der Waals surface area contributed by atoms with Crippen molar-refractivity contribution in [2.45, 2.75) is 37.6 Å². The topological polar surface area (TPSA) is 88.2 Å². The van der Waals surface area contributed by atoms with Gasteiger partial charge in [0.1, 0.15) is 10.6 Å². The lowest BCUT2D eigenvalue weighted by Crippen LogP contribution is -2.43. The van der Waals surface area contributed by atoms with Gasteiger partial charge in [0.05, 0.1) is 20.3 Å². The molecule has 8 nitrogen and oxygen atoms in total. The van der Waals surface area contributed by atoms with Crippen LogP contribution in [0.2, 0.25) is 0 Å². The highest BCUT2D eigenvalue weighted by molar-refractivity contribution is 7.89. The van der Waals surface area contributed by atoms with Gasteiger partial charge in [0.15, 0.2) is 0 Å². The van der Waals surface area contributed by atoms with Crippen LogP contribution in [0.15, 0.2) is 23.1 Å². The van der Waals surface area contributed by atoms with Crippen molar-refractivity contribution in [1.29, 1.82) is 0 Å². The summed E-state index contributed by atoms with van der Waals surface area (Å²) in [4.78, 5) is 15.2. The number of carbonyl (C=O) groups excluding carboxylic acids is 1. The molecule has 2 saturated heterocycles. The van der Waals surface area contributed by atoms with Crippen LogP contribution in [0.4, 0.5) is 0 Å². The molecule has 1 atom stereocenters. The average Bonchev–Trinajstić information content (AvgIpc) is 2.77. The fraction of sp³-hybridized carbons (Fsp3) is 0.667. The molecule has 0 spiro atoms. The molecular formula is C21H33N3O5S. The first-order valence-corrected chi connectivity index (χ1v) is 12.0. The Labute approximate surface area is 179 Å².